The van der Waals surface area contributed by atoms with Gasteiger partial charge in [0.15, 0.2) is 0 Å². The monoisotopic (exact) mass is 550 g/mol. The summed E-state index contributed by atoms with van der Waals surface area (Å²) in [6, 6.07) is 0. The maximum absolute atomic E-state index is 0. The third-order valence-corrected chi connectivity index (χ3v) is 0. The Balaban J connectivity index is 0. The van der Waals surface area contributed by atoms with Crippen molar-refractivity contribution in [2.75, 3.05) is 0 Å². The Kier molecular flexibility index (Phi) is 159. The minimum atomic E-state index is 0. The van der Waals surface area contributed by atoms with Crippen LogP contribution in [-0.4, -0.2) is 0 Å². The Labute approximate surface area is 143 Å². The summed E-state index contributed by atoms with van der Waals surface area (Å²) >= 11 is 0. The molecule has 0 bridgehead atoms. The first-order valence-electron chi connectivity index (χ1n) is 0. The van der Waals surface area contributed by atoms with Crippen molar-refractivity contribution >= 4 is 71.9 Å². The van der Waals surface area contributed by atoms with Gasteiger partial charge >= 0.3 is 51.4 Å². The van der Waals surface area contributed by atoms with E-state index < -0.39 is 0 Å². The van der Waals surface area contributed by atoms with E-state index in [1.165, 1.54) is 0 Å². The molecule has 0 spiro atoms. The summed E-state index contributed by atoms with van der Waals surface area (Å²) in [4.78, 5) is 0. The Hall–Kier alpha value is 4.56. The van der Waals surface area contributed by atoms with Crippen LogP contribution in [0.4, 0.5) is 0 Å². The Morgan fingerprint density at radius 1 is 0.600 bits per heavy atom. The van der Waals surface area contributed by atoms with E-state index in [4.69, 9.17) is 0 Å². The van der Waals surface area contributed by atoms with Crippen molar-refractivity contribution in [2.24, 2.45) is 0 Å². The van der Waals surface area contributed by atoms with Gasteiger partial charge in [0.25, 0.3) is 0 Å². The van der Waals surface area contributed by atoms with Crippen LogP contribution in [0.15, 0.2) is 0 Å². The SMILES string of the molecule is I.I.I.[I-].[K+]. The van der Waals surface area contributed by atoms with E-state index in [-0.39, 0.29) is 147 Å². The zero-order valence-electron chi connectivity index (χ0n) is 2.60. The van der Waals surface area contributed by atoms with Crippen LogP contribution in [0.1, 0.15) is 0 Å². The van der Waals surface area contributed by atoms with Crippen molar-refractivity contribution in [1.29, 1.82) is 0 Å². The Bertz CT molecular complexity index is 3.61. The van der Waals surface area contributed by atoms with Crippen LogP contribution in [0.3, 0.4) is 0 Å². The van der Waals surface area contributed by atoms with Gasteiger partial charge in [-0.15, -0.1) is 71.9 Å². The number of hydrogen-bond acceptors (Lipinski definition) is 0. The molecule has 0 fully saturated rings. The smallest absolute Gasteiger partial charge is 1.00 e. The quantitative estimate of drug-likeness (QED) is 0.213. The van der Waals surface area contributed by atoms with Gasteiger partial charge in [-0.25, -0.2) is 0 Å². The van der Waals surface area contributed by atoms with E-state index in [2.05, 4.69) is 0 Å². The molecule has 0 saturated carbocycles. The standard InChI is InChI=1S/4HI.K/h4*1H;/q;;;;+1/p-1. The molecule has 0 heterocycles. The maximum atomic E-state index is 0. The van der Waals surface area contributed by atoms with Gasteiger partial charge in [0, 0.05) is 0 Å². The van der Waals surface area contributed by atoms with Gasteiger partial charge in [0.2, 0.25) is 0 Å². The fourth-order valence-corrected chi connectivity index (χ4v) is 0. The molecule has 32 valence electrons. The molecule has 0 atom stereocenters. The van der Waals surface area contributed by atoms with Crippen LogP contribution >= 0.6 is 71.9 Å². The Morgan fingerprint density at radius 3 is 0.600 bits per heavy atom. The predicted molar refractivity (Wildman–Crippen MR) is 46.2 cm³/mol. The topological polar surface area (TPSA) is 0 Å². The first-order valence-corrected chi connectivity index (χ1v) is 0. The summed E-state index contributed by atoms with van der Waals surface area (Å²) < 4.78 is 0. The second kappa shape index (κ2) is 23.5. The third-order valence-electron chi connectivity index (χ3n) is 0. The molecular formula is H3I4K. The van der Waals surface area contributed by atoms with Crippen molar-refractivity contribution < 1.29 is 75.4 Å². The van der Waals surface area contributed by atoms with Crippen LogP contribution in [0, 0.1) is 0 Å². The molecule has 0 radical (unpaired) electrons. The van der Waals surface area contributed by atoms with E-state index in [0.29, 0.717) is 0 Å². The van der Waals surface area contributed by atoms with E-state index in [1.807, 2.05) is 0 Å². The molecule has 0 N–H and O–H groups in total. The van der Waals surface area contributed by atoms with Crippen LogP contribution < -0.4 is 75.4 Å². The summed E-state index contributed by atoms with van der Waals surface area (Å²) in [6.45, 7) is 0. The molecule has 5 heteroatoms. The van der Waals surface area contributed by atoms with Crippen molar-refractivity contribution in [3.63, 3.8) is 0 Å². The normalized spacial score (nSPS) is 0. The van der Waals surface area contributed by atoms with Gasteiger partial charge < -0.3 is 24.0 Å². The molecule has 0 rings (SSSR count). The van der Waals surface area contributed by atoms with E-state index in [1.54, 1.807) is 0 Å². The fourth-order valence-electron chi connectivity index (χ4n) is 0. The maximum Gasteiger partial charge on any atom is 1.00 e. The van der Waals surface area contributed by atoms with Crippen LogP contribution in [0.2, 0.25) is 0 Å². The molecule has 0 unspecified atom stereocenters. The molecule has 0 aliphatic rings. The average Bonchev–Trinajstić information content (AvgIpc) is 0. The number of hydrogen-bond donors (Lipinski definition) is 0. The minimum Gasteiger partial charge on any atom is -1.00 e. The fraction of sp³-hybridized carbons (Fsp3) is 0. The summed E-state index contributed by atoms with van der Waals surface area (Å²) in [5.41, 5.74) is 0. The van der Waals surface area contributed by atoms with Gasteiger partial charge in [-0.05, 0) is 0 Å². The molecule has 0 nitrogen and oxygen atoms in total. The summed E-state index contributed by atoms with van der Waals surface area (Å²) in [5, 5.41) is 0. The minimum absolute atomic E-state index is 0. The van der Waals surface area contributed by atoms with E-state index in [9.17, 15) is 0 Å². The first kappa shape index (κ1) is 33.7. The molecule has 0 aromatic heterocycles. The van der Waals surface area contributed by atoms with Crippen LogP contribution in [-0.2, 0) is 0 Å². The molecule has 0 aliphatic heterocycles. The van der Waals surface area contributed by atoms with Crippen LogP contribution in [0.25, 0.3) is 0 Å². The van der Waals surface area contributed by atoms with Crippen molar-refractivity contribution in [2.45, 2.75) is 0 Å². The third kappa shape index (κ3) is 17.7. The molecule has 5 heavy (non-hydrogen) atoms. The number of halogens is 4. The van der Waals surface area contributed by atoms with Gasteiger partial charge in [-0.3, -0.25) is 0 Å². The van der Waals surface area contributed by atoms with Gasteiger partial charge in [0.05, 0.1) is 0 Å². The van der Waals surface area contributed by atoms with Crippen molar-refractivity contribution in [3.05, 3.63) is 0 Å². The zero-order valence-corrected chi connectivity index (χ0v) is 14.9. The molecule has 0 saturated heterocycles. The first-order chi connectivity index (χ1) is 0. The molecule has 0 aromatic rings. The van der Waals surface area contributed by atoms with Gasteiger partial charge in [0.1, 0.15) is 0 Å². The number of rotatable bonds is 0. The summed E-state index contributed by atoms with van der Waals surface area (Å²) in [5.74, 6) is 0. The van der Waals surface area contributed by atoms with Crippen LogP contribution in [0.5, 0.6) is 0 Å². The van der Waals surface area contributed by atoms with E-state index in [0.717, 1.165) is 0 Å². The largest absolute Gasteiger partial charge is 1.00 e. The zero-order chi connectivity index (χ0) is 0. The van der Waals surface area contributed by atoms with Crippen molar-refractivity contribution in [1.82, 2.24) is 0 Å². The van der Waals surface area contributed by atoms with E-state index >= 15 is 0 Å². The summed E-state index contributed by atoms with van der Waals surface area (Å²) in [6.07, 6.45) is 0. The predicted octanol–water partition coefficient (Wildman–Crippen LogP) is -4.14. The van der Waals surface area contributed by atoms with Gasteiger partial charge in [-0.1, -0.05) is 0 Å². The molecule has 0 aliphatic carbocycles. The molecular weight excluding hydrogens is 547 g/mol. The summed E-state index contributed by atoms with van der Waals surface area (Å²) in [7, 11) is 0. The Morgan fingerprint density at radius 2 is 0.600 bits per heavy atom. The average molecular weight is 550 g/mol. The van der Waals surface area contributed by atoms with Crippen molar-refractivity contribution in [3.8, 4) is 0 Å². The molecule has 0 amide bonds. The van der Waals surface area contributed by atoms with Gasteiger partial charge in [-0.2, -0.15) is 0 Å². The molecule has 0 aromatic carbocycles. The second-order valence-electron chi connectivity index (χ2n) is 0. The second-order valence-corrected chi connectivity index (χ2v) is 0.